The van der Waals surface area contributed by atoms with Gasteiger partial charge in [-0.05, 0) is 36.2 Å². The van der Waals surface area contributed by atoms with Crippen molar-refractivity contribution in [1.82, 2.24) is 4.90 Å². The Kier molecular flexibility index (Phi) is 5.13. The third-order valence-corrected chi connectivity index (χ3v) is 5.89. The molecule has 0 bridgehead atoms. The summed E-state index contributed by atoms with van der Waals surface area (Å²) < 4.78 is 5.94. The molecule has 1 fully saturated rings. The highest BCUT2D eigenvalue weighted by atomic mass is 35.5. The standard InChI is InChI=1S/C21H17Cl2NO4/c22-16-6-4-12(8-17(16)23)11-28-20-3-1-2-14-15(20)10-24(21(14)27)18-7-5-13(25)9-19(18)26/h1-4,6,8,18H,5,7,9-11H2. The van der Waals surface area contributed by atoms with Crippen molar-refractivity contribution >= 4 is 40.7 Å². The van der Waals surface area contributed by atoms with Crippen molar-refractivity contribution in [1.29, 1.82) is 0 Å². The van der Waals surface area contributed by atoms with Crippen molar-refractivity contribution in [3.05, 3.63) is 63.1 Å². The number of ketones is 2. The Morgan fingerprint density at radius 1 is 1.07 bits per heavy atom. The van der Waals surface area contributed by atoms with Crippen LogP contribution in [0.2, 0.25) is 10.0 Å². The highest BCUT2D eigenvalue weighted by molar-refractivity contribution is 6.42. The van der Waals surface area contributed by atoms with Crippen LogP contribution in [0.4, 0.5) is 0 Å². The summed E-state index contributed by atoms with van der Waals surface area (Å²) in [5, 5.41) is 0.927. The van der Waals surface area contributed by atoms with Gasteiger partial charge in [0.1, 0.15) is 18.1 Å². The van der Waals surface area contributed by atoms with E-state index in [2.05, 4.69) is 0 Å². The Labute approximate surface area is 172 Å². The Morgan fingerprint density at radius 2 is 1.89 bits per heavy atom. The first-order valence-corrected chi connectivity index (χ1v) is 9.73. The normalized spacial score (nSPS) is 19.1. The molecule has 1 aliphatic heterocycles. The molecule has 1 amide bonds. The molecule has 1 saturated carbocycles. The fourth-order valence-electron chi connectivity index (χ4n) is 3.69. The first kappa shape index (κ1) is 19.0. The second-order valence-electron chi connectivity index (χ2n) is 6.99. The molecule has 1 aliphatic carbocycles. The molecule has 7 heteroatoms. The molecule has 0 N–H and O–H groups in total. The number of rotatable bonds is 4. The zero-order chi connectivity index (χ0) is 19.8. The highest BCUT2D eigenvalue weighted by Crippen LogP contribution is 2.34. The summed E-state index contributed by atoms with van der Waals surface area (Å²) in [5.41, 5.74) is 2.16. The lowest BCUT2D eigenvalue weighted by molar-refractivity contribution is -0.133. The van der Waals surface area contributed by atoms with Gasteiger partial charge in [0.15, 0.2) is 5.78 Å². The second kappa shape index (κ2) is 7.57. The van der Waals surface area contributed by atoms with E-state index >= 15 is 0 Å². The lowest BCUT2D eigenvalue weighted by atomic mass is 9.92. The van der Waals surface area contributed by atoms with Crippen LogP contribution in [-0.4, -0.2) is 28.4 Å². The Hall–Kier alpha value is -2.37. The molecule has 0 spiro atoms. The van der Waals surface area contributed by atoms with Crippen LogP contribution < -0.4 is 4.74 Å². The number of ether oxygens (including phenoxy) is 1. The topological polar surface area (TPSA) is 63.7 Å². The molecule has 4 rings (SSSR count). The summed E-state index contributed by atoms with van der Waals surface area (Å²) in [6.07, 6.45) is 0.625. The maximum absolute atomic E-state index is 12.8. The molecule has 1 unspecified atom stereocenters. The highest BCUT2D eigenvalue weighted by Gasteiger charge is 2.39. The maximum Gasteiger partial charge on any atom is 0.255 e. The van der Waals surface area contributed by atoms with Gasteiger partial charge in [-0.1, -0.05) is 35.3 Å². The molecule has 0 aromatic heterocycles. The lowest BCUT2D eigenvalue weighted by Gasteiger charge is -2.29. The number of halogens is 2. The average molecular weight is 418 g/mol. The van der Waals surface area contributed by atoms with E-state index in [4.69, 9.17) is 27.9 Å². The predicted octanol–water partition coefficient (Wildman–Crippen LogP) is 4.22. The maximum atomic E-state index is 12.8. The molecule has 1 atom stereocenters. The van der Waals surface area contributed by atoms with Crippen LogP contribution in [0.1, 0.15) is 40.7 Å². The average Bonchev–Trinajstić information content (AvgIpc) is 3.00. The van der Waals surface area contributed by atoms with Crippen molar-refractivity contribution < 1.29 is 19.1 Å². The summed E-state index contributed by atoms with van der Waals surface area (Å²) in [7, 11) is 0. The van der Waals surface area contributed by atoms with Gasteiger partial charge in [0.2, 0.25) is 0 Å². The summed E-state index contributed by atoms with van der Waals surface area (Å²) in [4.78, 5) is 38.2. The van der Waals surface area contributed by atoms with E-state index in [1.807, 2.05) is 6.07 Å². The fraction of sp³-hybridized carbons (Fsp3) is 0.286. The van der Waals surface area contributed by atoms with Gasteiger partial charge in [0.05, 0.1) is 29.1 Å². The van der Waals surface area contributed by atoms with Crippen LogP contribution in [0.15, 0.2) is 36.4 Å². The van der Waals surface area contributed by atoms with E-state index in [1.165, 1.54) is 0 Å². The van der Waals surface area contributed by atoms with E-state index in [0.717, 1.165) is 11.1 Å². The quantitative estimate of drug-likeness (QED) is 0.698. The number of Topliss-reactive ketones (excluding diaryl/α,β-unsaturated/α-hetero) is 2. The number of nitrogens with zero attached hydrogens (tertiary/aromatic N) is 1. The monoisotopic (exact) mass is 417 g/mol. The van der Waals surface area contributed by atoms with Gasteiger partial charge in [-0.15, -0.1) is 0 Å². The number of fused-ring (bicyclic) bond motifs is 1. The zero-order valence-electron chi connectivity index (χ0n) is 14.9. The van der Waals surface area contributed by atoms with Crippen molar-refractivity contribution in [2.24, 2.45) is 0 Å². The number of carbonyl (C=O) groups excluding carboxylic acids is 3. The van der Waals surface area contributed by atoms with Crippen molar-refractivity contribution in [2.45, 2.75) is 38.5 Å². The molecule has 2 aromatic rings. The summed E-state index contributed by atoms with van der Waals surface area (Å²) in [6.45, 7) is 0.578. The Bertz CT molecular complexity index is 988. The minimum absolute atomic E-state index is 0.0592. The second-order valence-corrected chi connectivity index (χ2v) is 7.80. The van der Waals surface area contributed by atoms with Gasteiger partial charge in [-0.25, -0.2) is 0 Å². The molecule has 0 saturated heterocycles. The van der Waals surface area contributed by atoms with Gasteiger partial charge in [-0.2, -0.15) is 0 Å². The number of hydrogen-bond acceptors (Lipinski definition) is 4. The zero-order valence-corrected chi connectivity index (χ0v) is 16.4. The Morgan fingerprint density at radius 3 is 2.64 bits per heavy atom. The third-order valence-electron chi connectivity index (χ3n) is 5.15. The van der Waals surface area contributed by atoms with Crippen molar-refractivity contribution in [2.75, 3.05) is 0 Å². The molecule has 0 radical (unpaired) electrons. The minimum atomic E-state index is -0.541. The summed E-state index contributed by atoms with van der Waals surface area (Å²) in [5.74, 6) is 0.160. The molecule has 1 heterocycles. The number of benzene rings is 2. The van der Waals surface area contributed by atoms with E-state index in [-0.39, 0.29) is 30.5 Å². The summed E-state index contributed by atoms with van der Waals surface area (Å²) >= 11 is 12.0. The van der Waals surface area contributed by atoms with Crippen LogP contribution in [0, 0.1) is 0 Å². The predicted molar refractivity (Wildman–Crippen MR) is 105 cm³/mol. The lowest BCUT2D eigenvalue weighted by Crippen LogP contribution is -2.44. The van der Waals surface area contributed by atoms with Gasteiger partial charge in [0, 0.05) is 17.5 Å². The number of amides is 1. The third kappa shape index (κ3) is 3.52. The van der Waals surface area contributed by atoms with E-state index < -0.39 is 6.04 Å². The molecule has 2 aromatic carbocycles. The molecular formula is C21H17Cl2NO4. The van der Waals surface area contributed by atoms with Crippen LogP contribution in [0.3, 0.4) is 0 Å². The van der Waals surface area contributed by atoms with Crippen LogP contribution in [-0.2, 0) is 22.7 Å². The van der Waals surface area contributed by atoms with E-state index in [1.54, 1.807) is 35.2 Å². The Balaban J connectivity index is 1.53. The van der Waals surface area contributed by atoms with Gasteiger partial charge in [-0.3, -0.25) is 14.4 Å². The van der Waals surface area contributed by atoms with E-state index in [9.17, 15) is 14.4 Å². The number of hydrogen-bond donors (Lipinski definition) is 0. The minimum Gasteiger partial charge on any atom is -0.489 e. The number of carbonyl (C=O) groups is 3. The van der Waals surface area contributed by atoms with Crippen molar-refractivity contribution in [3.63, 3.8) is 0 Å². The van der Waals surface area contributed by atoms with Crippen LogP contribution >= 0.6 is 23.2 Å². The molecule has 5 nitrogen and oxygen atoms in total. The first-order chi connectivity index (χ1) is 13.4. The molecule has 2 aliphatic rings. The van der Waals surface area contributed by atoms with Gasteiger partial charge < -0.3 is 9.64 Å². The van der Waals surface area contributed by atoms with Crippen LogP contribution in [0.5, 0.6) is 5.75 Å². The molecular weight excluding hydrogens is 401 g/mol. The fourth-order valence-corrected chi connectivity index (χ4v) is 4.01. The first-order valence-electron chi connectivity index (χ1n) is 8.98. The van der Waals surface area contributed by atoms with E-state index in [0.29, 0.717) is 40.7 Å². The van der Waals surface area contributed by atoms with Crippen molar-refractivity contribution in [3.8, 4) is 5.75 Å². The molecule has 144 valence electrons. The van der Waals surface area contributed by atoms with Crippen LogP contribution in [0.25, 0.3) is 0 Å². The van der Waals surface area contributed by atoms with Gasteiger partial charge in [0.25, 0.3) is 5.91 Å². The smallest absolute Gasteiger partial charge is 0.255 e. The largest absolute Gasteiger partial charge is 0.489 e. The molecule has 28 heavy (non-hydrogen) atoms. The SMILES string of the molecule is O=C1CCC(N2Cc3c(OCc4ccc(Cl)c(Cl)c4)cccc3C2=O)C(=O)C1. The van der Waals surface area contributed by atoms with Gasteiger partial charge >= 0.3 is 0 Å². The summed E-state index contributed by atoms with van der Waals surface area (Å²) in [6, 6.07) is 10.0.